The number of rotatable bonds is 7. The molecule has 12 aromatic rings. The molecule has 3 heterocycles. The molecule has 0 aliphatic rings. The minimum absolute atomic E-state index is 0.612. The zero-order valence-electron chi connectivity index (χ0n) is 34.0. The first-order valence-corrected chi connectivity index (χ1v) is 21.1. The average molecular weight is 805 g/mol. The molecular formula is C58H36N4O. The van der Waals surface area contributed by atoms with Gasteiger partial charge in [0.2, 0.25) is 0 Å². The van der Waals surface area contributed by atoms with Crippen LogP contribution in [0.15, 0.2) is 223 Å². The second kappa shape index (κ2) is 15.2. The van der Waals surface area contributed by atoms with Crippen LogP contribution >= 0.6 is 0 Å². The summed E-state index contributed by atoms with van der Waals surface area (Å²) in [7, 11) is 0. The van der Waals surface area contributed by atoms with E-state index < -0.39 is 0 Å². The molecule has 5 heteroatoms. The molecule has 63 heavy (non-hydrogen) atoms. The van der Waals surface area contributed by atoms with E-state index in [4.69, 9.17) is 24.4 Å². The van der Waals surface area contributed by atoms with Gasteiger partial charge >= 0.3 is 0 Å². The first kappa shape index (κ1) is 36.3. The van der Waals surface area contributed by atoms with Crippen LogP contribution in [0.3, 0.4) is 0 Å². The van der Waals surface area contributed by atoms with E-state index in [1.807, 2.05) is 24.3 Å². The fourth-order valence-corrected chi connectivity index (χ4v) is 8.70. The molecule has 0 spiro atoms. The number of nitrogens with zero attached hydrogens (tertiary/aromatic N) is 4. The first-order valence-electron chi connectivity index (χ1n) is 21.1. The lowest BCUT2D eigenvalue weighted by Gasteiger charge is -2.11. The molecule has 0 radical (unpaired) electrons. The van der Waals surface area contributed by atoms with Gasteiger partial charge in [0, 0.05) is 43.8 Å². The highest BCUT2D eigenvalue weighted by molar-refractivity contribution is 6.24. The molecule has 9 aromatic carbocycles. The molecule has 0 saturated heterocycles. The predicted molar refractivity (Wildman–Crippen MR) is 258 cm³/mol. The van der Waals surface area contributed by atoms with Crippen molar-refractivity contribution in [1.82, 2.24) is 19.9 Å². The van der Waals surface area contributed by atoms with Crippen molar-refractivity contribution in [3.8, 4) is 78.8 Å². The Labute approximate surface area is 363 Å². The third kappa shape index (κ3) is 6.60. The summed E-state index contributed by atoms with van der Waals surface area (Å²) in [5, 5.41) is 5.56. The lowest BCUT2D eigenvalue weighted by molar-refractivity contribution is 0.669. The van der Waals surface area contributed by atoms with E-state index >= 15 is 0 Å². The van der Waals surface area contributed by atoms with Gasteiger partial charge in [0.15, 0.2) is 23.1 Å². The van der Waals surface area contributed by atoms with Crippen molar-refractivity contribution < 1.29 is 4.42 Å². The smallest absolute Gasteiger partial charge is 0.164 e. The fourth-order valence-electron chi connectivity index (χ4n) is 8.70. The maximum Gasteiger partial charge on any atom is 0.164 e. The SMILES string of the molecule is c1ccc(-c2ccc(-c3nc(-c4ccc(-c5ccccc5)cc4)nc(-c4ccc(-c5ccc(-c6nc7c8ccccc8ccc7c7c6oc6ccccc67)cc5)cc4)n3)cc2)cc1. The third-order valence-electron chi connectivity index (χ3n) is 12.0. The first-order chi connectivity index (χ1) is 31.2. The van der Waals surface area contributed by atoms with Gasteiger partial charge in [0.1, 0.15) is 11.3 Å². The Bertz CT molecular complexity index is 3520. The highest BCUT2D eigenvalue weighted by Gasteiger charge is 2.19. The molecule has 0 aliphatic heterocycles. The minimum atomic E-state index is 0.612. The lowest BCUT2D eigenvalue weighted by Crippen LogP contribution is -2.00. The minimum Gasteiger partial charge on any atom is -0.454 e. The Kier molecular flexibility index (Phi) is 8.75. The monoisotopic (exact) mass is 804 g/mol. The van der Waals surface area contributed by atoms with E-state index in [0.717, 1.165) is 105 Å². The maximum atomic E-state index is 6.57. The molecule has 0 saturated carbocycles. The molecule has 3 aromatic heterocycles. The number of hydrogen-bond donors (Lipinski definition) is 0. The Morgan fingerprint density at radius 2 is 0.667 bits per heavy atom. The molecule has 0 fully saturated rings. The zero-order valence-corrected chi connectivity index (χ0v) is 34.0. The van der Waals surface area contributed by atoms with Crippen LogP contribution in [-0.4, -0.2) is 19.9 Å². The second-order valence-electron chi connectivity index (χ2n) is 15.8. The van der Waals surface area contributed by atoms with Gasteiger partial charge in [-0.25, -0.2) is 19.9 Å². The summed E-state index contributed by atoms with van der Waals surface area (Å²) in [5.74, 6) is 1.85. The molecule has 0 N–H and O–H groups in total. The summed E-state index contributed by atoms with van der Waals surface area (Å²) in [6.45, 7) is 0. The highest BCUT2D eigenvalue weighted by atomic mass is 16.3. The number of pyridine rings is 1. The Morgan fingerprint density at radius 3 is 1.17 bits per heavy atom. The Balaban J connectivity index is 0.901. The summed E-state index contributed by atoms with van der Waals surface area (Å²) >= 11 is 0. The van der Waals surface area contributed by atoms with E-state index in [1.54, 1.807) is 0 Å². The average Bonchev–Trinajstić information content (AvgIpc) is 3.77. The zero-order chi connectivity index (χ0) is 41.7. The van der Waals surface area contributed by atoms with Crippen LogP contribution < -0.4 is 0 Å². The molecule has 294 valence electrons. The number of benzene rings is 9. The topological polar surface area (TPSA) is 64.7 Å². The molecule has 0 aliphatic carbocycles. The summed E-state index contributed by atoms with van der Waals surface area (Å²) < 4.78 is 6.57. The number of aromatic nitrogens is 4. The normalized spacial score (nSPS) is 11.5. The van der Waals surface area contributed by atoms with Crippen molar-refractivity contribution in [3.63, 3.8) is 0 Å². The molecule has 0 bridgehead atoms. The molecule has 5 nitrogen and oxygen atoms in total. The lowest BCUT2D eigenvalue weighted by atomic mass is 9.98. The fraction of sp³-hybridized carbons (Fsp3) is 0. The van der Waals surface area contributed by atoms with Gasteiger partial charge in [-0.15, -0.1) is 0 Å². The van der Waals surface area contributed by atoms with Crippen molar-refractivity contribution in [1.29, 1.82) is 0 Å². The molecule has 12 rings (SSSR count). The number of furan rings is 1. The van der Waals surface area contributed by atoms with E-state index in [1.165, 1.54) is 0 Å². The third-order valence-corrected chi connectivity index (χ3v) is 12.0. The van der Waals surface area contributed by atoms with Crippen LogP contribution in [0.25, 0.3) is 122 Å². The standard InChI is InChI=1S/C58H36N4O/c1-3-11-37(12-4-1)39-21-29-45(30-22-39)56-60-57(46-31-23-40(24-32-46)38-13-5-2-6-14-38)62-58(61-56)47-33-25-42(26-34-47)41-19-27-44(28-20-41)53-55-52(49-17-9-10-18-51(49)63-55)50-36-35-43-15-7-8-16-48(43)54(50)59-53/h1-36H. The van der Waals surface area contributed by atoms with Gasteiger partial charge < -0.3 is 4.42 Å². The van der Waals surface area contributed by atoms with Crippen LogP contribution in [0.4, 0.5) is 0 Å². The van der Waals surface area contributed by atoms with E-state index in [-0.39, 0.29) is 0 Å². The Morgan fingerprint density at radius 1 is 0.270 bits per heavy atom. The van der Waals surface area contributed by atoms with E-state index in [2.05, 4.69) is 194 Å². The van der Waals surface area contributed by atoms with Gasteiger partial charge in [0.05, 0.1) is 5.52 Å². The summed E-state index contributed by atoms with van der Waals surface area (Å²) in [6, 6.07) is 75.7. The quantitative estimate of drug-likeness (QED) is 0.150. The van der Waals surface area contributed by atoms with Crippen molar-refractivity contribution in [2.45, 2.75) is 0 Å². The van der Waals surface area contributed by atoms with Crippen LogP contribution in [0.2, 0.25) is 0 Å². The molecule has 0 amide bonds. The van der Waals surface area contributed by atoms with Gasteiger partial charge in [-0.05, 0) is 44.8 Å². The van der Waals surface area contributed by atoms with Crippen LogP contribution in [-0.2, 0) is 0 Å². The van der Waals surface area contributed by atoms with Crippen molar-refractivity contribution in [3.05, 3.63) is 218 Å². The van der Waals surface area contributed by atoms with E-state index in [9.17, 15) is 0 Å². The maximum absolute atomic E-state index is 6.57. The van der Waals surface area contributed by atoms with Crippen LogP contribution in [0.1, 0.15) is 0 Å². The van der Waals surface area contributed by atoms with Crippen LogP contribution in [0, 0.1) is 0 Å². The summed E-state index contributed by atoms with van der Waals surface area (Å²) in [4.78, 5) is 20.5. The van der Waals surface area contributed by atoms with Crippen LogP contribution in [0.5, 0.6) is 0 Å². The largest absolute Gasteiger partial charge is 0.454 e. The molecular weight excluding hydrogens is 769 g/mol. The Hall–Kier alpha value is -8.54. The van der Waals surface area contributed by atoms with Crippen molar-refractivity contribution in [2.24, 2.45) is 0 Å². The number of fused-ring (bicyclic) bond motifs is 7. The molecule has 0 atom stereocenters. The highest BCUT2D eigenvalue weighted by Crippen LogP contribution is 2.41. The van der Waals surface area contributed by atoms with E-state index in [0.29, 0.717) is 17.5 Å². The van der Waals surface area contributed by atoms with Crippen molar-refractivity contribution >= 4 is 43.6 Å². The number of para-hydroxylation sites is 1. The van der Waals surface area contributed by atoms with Gasteiger partial charge in [-0.1, -0.05) is 212 Å². The second-order valence-corrected chi connectivity index (χ2v) is 15.8. The summed E-state index contributed by atoms with van der Waals surface area (Å²) in [6.07, 6.45) is 0. The summed E-state index contributed by atoms with van der Waals surface area (Å²) in [5.41, 5.74) is 14.0. The molecule has 0 unspecified atom stereocenters. The number of hydrogen-bond acceptors (Lipinski definition) is 5. The van der Waals surface area contributed by atoms with Gasteiger partial charge in [-0.3, -0.25) is 0 Å². The van der Waals surface area contributed by atoms with Crippen molar-refractivity contribution in [2.75, 3.05) is 0 Å². The van der Waals surface area contributed by atoms with Gasteiger partial charge in [0.25, 0.3) is 0 Å². The predicted octanol–water partition coefficient (Wildman–Crippen LogP) is 15.1. The van der Waals surface area contributed by atoms with Gasteiger partial charge in [-0.2, -0.15) is 0 Å².